The van der Waals surface area contributed by atoms with Crippen LogP contribution < -0.4 is 14.8 Å². The number of ether oxygens (including phenoxy) is 2. The fourth-order valence-corrected chi connectivity index (χ4v) is 6.67. The van der Waals surface area contributed by atoms with E-state index in [1.165, 1.54) is 32.1 Å². The lowest BCUT2D eigenvalue weighted by Crippen LogP contribution is -2.30. The second-order valence-corrected chi connectivity index (χ2v) is 12.9. The minimum Gasteiger partial charge on any atom is -0.494 e. The molecule has 1 amide bonds. The molecule has 1 aromatic heterocycles. The van der Waals surface area contributed by atoms with Gasteiger partial charge in [-0.3, -0.25) is 14.4 Å². The van der Waals surface area contributed by atoms with Crippen molar-refractivity contribution in [2.24, 2.45) is 5.92 Å². The number of carbonyl (C=O) groups excluding carboxylic acids is 1. The number of unbranched alkanes of at least 4 members (excludes halogenated alkanes) is 3. The first-order valence-electron chi connectivity index (χ1n) is 16.6. The molecule has 0 bridgehead atoms. The summed E-state index contributed by atoms with van der Waals surface area (Å²) >= 11 is 1.63. The predicted molar refractivity (Wildman–Crippen MR) is 181 cm³/mol. The van der Waals surface area contributed by atoms with Crippen molar-refractivity contribution >= 4 is 29.2 Å². The summed E-state index contributed by atoms with van der Waals surface area (Å²) in [7, 11) is 0. The SMILES string of the molecule is O=C(O)CCCOc1cccc(CCCCCCOc2cc(C(=O)NCC3CCCCC3)cc(-c3ccsc3)c2)c1CCC(=O)O. The van der Waals surface area contributed by atoms with Gasteiger partial charge in [-0.1, -0.05) is 44.2 Å². The Morgan fingerprint density at radius 1 is 0.804 bits per heavy atom. The van der Waals surface area contributed by atoms with Gasteiger partial charge in [0.2, 0.25) is 0 Å². The molecule has 1 heterocycles. The Kier molecular flexibility index (Phi) is 14.4. The van der Waals surface area contributed by atoms with Gasteiger partial charge in [0.15, 0.2) is 0 Å². The molecule has 1 saturated carbocycles. The molecule has 248 valence electrons. The quantitative estimate of drug-likeness (QED) is 0.106. The molecular weight excluding hydrogens is 602 g/mol. The van der Waals surface area contributed by atoms with Gasteiger partial charge < -0.3 is 25.0 Å². The van der Waals surface area contributed by atoms with Crippen LogP contribution in [-0.2, 0) is 22.4 Å². The molecule has 0 spiro atoms. The van der Waals surface area contributed by atoms with E-state index in [1.54, 1.807) is 11.3 Å². The Bertz CT molecular complexity index is 1400. The molecule has 1 aliphatic carbocycles. The summed E-state index contributed by atoms with van der Waals surface area (Å²) < 4.78 is 12.0. The van der Waals surface area contributed by atoms with Crippen molar-refractivity contribution in [2.45, 2.75) is 89.9 Å². The second kappa shape index (κ2) is 19.0. The molecule has 9 heteroatoms. The largest absolute Gasteiger partial charge is 0.494 e. The van der Waals surface area contributed by atoms with Crippen LogP contribution in [0.2, 0.25) is 0 Å². The number of rotatable bonds is 20. The first kappa shape index (κ1) is 35.0. The number of carboxylic acids is 2. The van der Waals surface area contributed by atoms with Gasteiger partial charge in [0.1, 0.15) is 11.5 Å². The normalized spacial score (nSPS) is 13.3. The van der Waals surface area contributed by atoms with Gasteiger partial charge in [-0.05, 0) is 114 Å². The van der Waals surface area contributed by atoms with Gasteiger partial charge in [0.05, 0.1) is 13.2 Å². The van der Waals surface area contributed by atoms with Crippen LogP contribution in [0, 0.1) is 5.92 Å². The average molecular weight is 650 g/mol. The molecular formula is C37H47NO7S. The minimum absolute atomic E-state index is 0.0113. The van der Waals surface area contributed by atoms with Crippen molar-refractivity contribution in [2.75, 3.05) is 19.8 Å². The van der Waals surface area contributed by atoms with Crippen LogP contribution in [0.25, 0.3) is 11.1 Å². The van der Waals surface area contributed by atoms with Gasteiger partial charge in [-0.2, -0.15) is 11.3 Å². The summed E-state index contributed by atoms with van der Waals surface area (Å²) in [5, 5.41) is 25.4. The molecule has 8 nitrogen and oxygen atoms in total. The van der Waals surface area contributed by atoms with E-state index in [0.717, 1.165) is 60.9 Å². The topological polar surface area (TPSA) is 122 Å². The first-order valence-corrected chi connectivity index (χ1v) is 17.6. The van der Waals surface area contributed by atoms with Gasteiger partial charge in [-0.15, -0.1) is 0 Å². The fourth-order valence-electron chi connectivity index (χ4n) is 6.00. The molecule has 2 aromatic carbocycles. The smallest absolute Gasteiger partial charge is 0.303 e. The maximum Gasteiger partial charge on any atom is 0.303 e. The summed E-state index contributed by atoms with van der Waals surface area (Å²) in [4.78, 5) is 35.2. The Hall–Kier alpha value is -3.85. The van der Waals surface area contributed by atoms with Crippen LogP contribution in [0.15, 0.2) is 53.2 Å². The van der Waals surface area contributed by atoms with Crippen molar-refractivity contribution in [1.82, 2.24) is 5.32 Å². The number of carbonyl (C=O) groups is 3. The van der Waals surface area contributed by atoms with Crippen molar-refractivity contribution in [3.05, 3.63) is 69.9 Å². The van der Waals surface area contributed by atoms with Crippen LogP contribution in [0.3, 0.4) is 0 Å². The van der Waals surface area contributed by atoms with Crippen molar-refractivity contribution < 1.29 is 34.1 Å². The molecule has 3 aromatic rings. The molecule has 0 unspecified atom stereocenters. The van der Waals surface area contributed by atoms with E-state index in [2.05, 4.69) is 16.8 Å². The molecule has 4 rings (SSSR count). The Balaban J connectivity index is 1.26. The summed E-state index contributed by atoms with van der Waals surface area (Å²) in [5.74, 6) is 0.138. The highest BCUT2D eigenvalue weighted by molar-refractivity contribution is 7.08. The third-order valence-corrected chi connectivity index (χ3v) is 9.20. The van der Waals surface area contributed by atoms with E-state index >= 15 is 0 Å². The van der Waals surface area contributed by atoms with Crippen LogP contribution in [0.5, 0.6) is 11.5 Å². The van der Waals surface area contributed by atoms with Gasteiger partial charge in [0.25, 0.3) is 5.91 Å². The molecule has 1 aliphatic rings. The van der Waals surface area contributed by atoms with Gasteiger partial charge in [0, 0.05) is 24.9 Å². The number of thiophene rings is 1. The monoisotopic (exact) mass is 649 g/mol. The highest BCUT2D eigenvalue weighted by atomic mass is 32.1. The van der Waals surface area contributed by atoms with Crippen LogP contribution in [-0.4, -0.2) is 47.8 Å². The Morgan fingerprint density at radius 3 is 2.35 bits per heavy atom. The maximum absolute atomic E-state index is 13.1. The number of nitrogens with one attached hydrogen (secondary N) is 1. The predicted octanol–water partition coefficient (Wildman–Crippen LogP) is 8.17. The van der Waals surface area contributed by atoms with E-state index in [9.17, 15) is 19.5 Å². The number of amides is 1. The zero-order chi connectivity index (χ0) is 32.6. The Labute approximate surface area is 276 Å². The number of hydrogen-bond donors (Lipinski definition) is 3. The van der Waals surface area contributed by atoms with E-state index in [-0.39, 0.29) is 25.4 Å². The van der Waals surface area contributed by atoms with Crippen molar-refractivity contribution in [3.8, 4) is 22.6 Å². The lowest BCUT2D eigenvalue weighted by Gasteiger charge is -2.21. The molecule has 0 aliphatic heterocycles. The highest BCUT2D eigenvalue weighted by Gasteiger charge is 2.17. The zero-order valence-electron chi connectivity index (χ0n) is 26.6. The van der Waals surface area contributed by atoms with E-state index < -0.39 is 11.9 Å². The number of hydrogen-bond acceptors (Lipinski definition) is 6. The first-order chi connectivity index (χ1) is 22.4. The van der Waals surface area contributed by atoms with E-state index in [0.29, 0.717) is 42.4 Å². The lowest BCUT2D eigenvalue weighted by atomic mass is 9.89. The molecule has 3 N–H and O–H groups in total. The van der Waals surface area contributed by atoms with E-state index in [1.807, 2.05) is 41.8 Å². The summed E-state index contributed by atoms with van der Waals surface area (Å²) in [6.45, 7) is 1.56. The summed E-state index contributed by atoms with van der Waals surface area (Å²) in [6.07, 6.45) is 11.6. The number of aliphatic carboxylic acids is 2. The van der Waals surface area contributed by atoms with Gasteiger partial charge in [-0.25, -0.2) is 0 Å². The summed E-state index contributed by atoms with van der Waals surface area (Å²) in [6, 6.07) is 13.6. The minimum atomic E-state index is -0.863. The number of benzene rings is 2. The zero-order valence-corrected chi connectivity index (χ0v) is 27.5. The maximum atomic E-state index is 13.1. The molecule has 46 heavy (non-hydrogen) atoms. The molecule has 1 fully saturated rings. The van der Waals surface area contributed by atoms with Crippen LogP contribution in [0.4, 0.5) is 0 Å². The second-order valence-electron chi connectivity index (χ2n) is 12.1. The van der Waals surface area contributed by atoms with Crippen molar-refractivity contribution in [1.29, 1.82) is 0 Å². The molecule has 0 saturated heterocycles. The lowest BCUT2D eigenvalue weighted by molar-refractivity contribution is -0.138. The number of carboxylic acid groups (broad SMARTS) is 2. The summed E-state index contributed by atoms with van der Waals surface area (Å²) in [5.41, 5.74) is 4.66. The Morgan fingerprint density at radius 2 is 1.59 bits per heavy atom. The highest BCUT2D eigenvalue weighted by Crippen LogP contribution is 2.29. The van der Waals surface area contributed by atoms with Crippen LogP contribution in [0.1, 0.15) is 98.5 Å². The van der Waals surface area contributed by atoms with Gasteiger partial charge >= 0.3 is 11.9 Å². The fraction of sp³-hybridized carbons (Fsp3) is 0.486. The molecule has 0 atom stereocenters. The van der Waals surface area contributed by atoms with Crippen LogP contribution >= 0.6 is 11.3 Å². The van der Waals surface area contributed by atoms with Crippen molar-refractivity contribution in [3.63, 3.8) is 0 Å². The third-order valence-electron chi connectivity index (χ3n) is 8.52. The van der Waals surface area contributed by atoms with E-state index in [4.69, 9.17) is 14.6 Å². The standard InChI is InChI=1S/C37H47NO7S/c39-35(40)15-9-20-45-34-14-8-13-28(33(34)16-17-36(41)42)12-6-1-2-7-19-44-32-23-30(29-18-21-46-26-29)22-31(24-32)37(43)38-25-27-10-4-3-5-11-27/h8,13-14,18,21-24,26-27H,1-7,9-12,15-17,19-20,25H2,(H,38,43)(H,39,40)(H,41,42). The third kappa shape index (κ3) is 11.8. The average Bonchev–Trinajstić information content (AvgIpc) is 3.60. The number of aryl methyl sites for hydroxylation is 1. The molecule has 0 radical (unpaired) electrons.